The molecule has 1 saturated carbocycles. The van der Waals surface area contributed by atoms with Crippen molar-refractivity contribution < 1.29 is 19.1 Å². The average Bonchev–Trinajstić information content (AvgIpc) is 2.96. The molecule has 1 fully saturated rings. The van der Waals surface area contributed by atoms with E-state index >= 15 is 0 Å². The smallest absolute Gasteiger partial charge is 0.338 e. The maximum atomic E-state index is 12.4. The Kier molecular flexibility index (Phi) is 8.82. The molecule has 1 aliphatic rings. The van der Waals surface area contributed by atoms with E-state index < -0.39 is 11.9 Å². The number of carbonyl (C=O) groups is 3. The fraction of sp³-hybridized carbons (Fsp3) is 0.286. The number of hydrogen-bond acceptors (Lipinski definition) is 9. The first-order valence-corrected chi connectivity index (χ1v) is 12.6. The van der Waals surface area contributed by atoms with Gasteiger partial charge in [0.1, 0.15) is 6.61 Å². The van der Waals surface area contributed by atoms with E-state index in [1.807, 2.05) is 42.3 Å². The Morgan fingerprint density at radius 1 is 1.10 bits per heavy atom. The Labute approximate surface area is 226 Å². The maximum Gasteiger partial charge on any atom is 0.338 e. The first-order valence-electron chi connectivity index (χ1n) is 12.6. The number of nitrogens with zero attached hydrogens (tertiary/aromatic N) is 4. The zero-order valence-corrected chi connectivity index (χ0v) is 21.7. The summed E-state index contributed by atoms with van der Waals surface area (Å²) < 4.78 is 5.37. The van der Waals surface area contributed by atoms with Crippen molar-refractivity contribution in [2.45, 2.75) is 44.4 Å². The number of benzene rings is 2. The van der Waals surface area contributed by atoms with Gasteiger partial charge in [-0.1, -0.05) is 36.9 Å². The van der Waals surface area contributed by atoms with Gasteiger partial charge >= 0.3 is 5.97 Å². The SMILES string of the molecule is C=CC(=O)NC1CCC[C@@H](N(C)c2nnc(C(N)=O)c(Nc3ccc(C(=O)OCc4ccccc4)cc3)n2)C1. The molecule has 1 unspecified atom stereocenters. The molecule has 39 heavy (non-hydrogen) atoms. The molecule has 2 aromatic carbocycles. The predicted octanol–water partition coefficient (Wildman–Crippen LogP) is 3.12. The summed E-state index contributed by atoms with van der Waals surface area (Å²) in [6.07, 6.45) is 4.67. The van der Waals surface area contributed by atoms with Crippen LogP contribution in [-0.2, 0) is 16.1 Å². The molecule has 1 heterocycles. The third kappa shape index (κ3) is 7.16. The Hall–Kier alpha value is -4.80. The summed E-state index contributed by atoms with van der Waals surface area (Å²) in [6, 6.07) is 16.1. The van der Waals surface area contributed by atoms with Crippen molar-refractivity contribution in [1.29, 1.82) is 0 Å². The van der Waals surface area contributed by atoms with E-state index in [4.69, 9.17) is 10.5 Å². The highest BCUT2D eigenvalue weighted by Crippen LogP contribution is 2.26. The Bertz CT molecular complexity index is 1330. The monoisotopic (exact) mass is 529 g/mol. The second-order valence-corrected chi connectivity index (χ2v) is 9.28. The molecular formula is C28H31N7O4. The summed E-state index contributed by atoms with van der Waals surface area (Å²) in [5, 5.41) is 14.2. The maximum absolute atomic E-state index is 12.4. The number of amides is 2. The number of esters is 1. The quantitative estimate of drug-likeness (QED) is 0.266. The average molecular weight is 530 g/mol. The van der Waals surface area contributed by atoms with Crippen LogP contribution < -0.4 is 21.3 Å². The van der Waals surface area contributed by atoms with Gasteiger partial charge in [0, 0.05) is 24.8 Å². The standard InChI is InChI=1S/C28H31N7O4/c1-3-23(36)30-21-10-7-11-22(16-21)35(2)28-32-26(24(25(29)37)33-34-28)31-20-14-12-19(13-15-20)27(38)39-17-18-8-5-4-6-9-18/h3-6,8-9,12-15,21-22H,1,7,10-11,16-17H2,2H3,(H2,29,37)(H,30,36)(H,31,32,34)/t21?,22-/m1/s1. The lowest BCUT2D eigenvalue weighted by Gasteiger charge is -2.35. The summed E-state index contributed by atoms with van der Waals surface area (Å²) in [6.45, 7) is 3.68. The van der Waals surface area contributed by atoms with Crippen LogP contribution in [0.25, 0.3) is 0 Å². The van der Waals surface area contributed by atoms with Crippen LogP contribution in [0.2, 0.25) is 0 Å². The first kappa shape index (κ1) is 27.2. The summed E-state index contributed by atoms with van der Waals surface area (Å²) in [5.41, 5.74) is 7.24. The number of primary amides is 1. The van der Waals surface area contributed by atoms with Crippen molar-refractivity contribution in [2.24, 2.45) is 5.73 Å². The van der Waals surface area contributed by atoms with E-state index in [1.54, 1.807) is 24.3 Å². The minimum atomic E-state index is -0.780. The van der Waals surface area contributed by atoms with E-state index in [9.17, 15) is 14.4 Å². The summed E-state index contributed by atoms with van der Waals surface area (Å²) in [5.74, 6) is -0.979. The van der Waals surface area contributed by atoms with E-state index in [2.05, 4.69) is 32.4 Å². The number of anilines is 3. The highest BCUT2D eigenvalue weighted by atomic mass is 16.5. The second kappa shape index (κ2) is 12.6. The highest BCUT2D eigenvalue weighted by Gasteiger charge is 2.28. The molecule has 4 N–H and O–H groups in total. The van der Waals surface area contributed by atoms with Gasteiger partial charge in [0.2, 0.25) is 11.9 Å². The van der Waals surface area contributed by atoms with Crippen LogP contribution >= 0.6 is 0 Å². The second-order valence-electron chi connectivity index (χ2n) is 9.28. The molecule has 202 valence electrons. The lowest BCUT2D eigenvalue weighted by molar-refractivity contribution is -0.117. The topological polar surface area (TPSA) is 152 Å². The number of nitrogens with one attached hydrogen (secondary N) is 2. The largest absolute Gasteiger partial charge is 0.457 e. The molecular weight excluding hydrogens is 498 g/mol. The molecule has 0 spiro atoms. The Morgan fingerprint density at radius 3 is 2.54 bits per heavy atom. The molecule has 1 aliphatic carbocycles. The molecule has 0 bridgehead atoms. The summed E-state index contributed by atoms with van der Waals surface area (Å²) in [7, 11) is 1.85. The lowest BCUT2D eigenvalue weighted by atomic mass is 9.90. The van der Waals surface area contributed by atoms with Crippen LogP contribution in [0.15, 0.2) is 67.3 Å². The Balaban J connectivity index is 1.45. The normalized spacial score (nSPS) is 16.5. The molecule has 2 atom stereocenters. The van der Waals surface area contributed by atoms with Crippen molar-refractivity contribution in [3.63, 3.8) is 0 Å². The molecule has 0 saturated heterocycles. The number of aromatic nitrogens is 3. The number of carbonyl (C=O) groups excluding carboxylic acids is 3. The van der Waals surface area contributed by atoms with Gasteiger partial charge in [0.15, 0.2) is 11.5 Å². The van der Waals surface area contributed by atoms with Gasteiger partial charge in [-0.2, -0.15) is 4.98 Å². The van der Waals surface area contributed by atoms with Crippen LogP contribution in [0.4, 0.5) is 17.5 Å². The van der Waals surface area contributed by atoms with Gasteiger partial charge in [0.25, 0.3) is 5.91 Å². The molecule has 3 aromatic rings. The zero-order chi connectivity index (χ0) is 27.8. The molecule has 4 rings (SSSR count). The minimum absolute atomic E-state index is 0.0186. The van der Waals surface area contributed by atoms with Gasteiger partial charge in [-0.3, -0.25) is 9.59 Å². The lowest BCUT2D eigenvalue weighted by Crippen LogP contribution is -2.45. The molecule has 2 amide bonds. The fourth-order valence-corrected chi connectivity index (χ4v) is 4.42. The van der Waals surface area contributed by atoms with Gasteiger partial charge in [-0.25, -0.2) is 4.79 Å². The van der Waals surface area contributed by atoms with Crippen LogP contribution in [0.1, 0.15) is 52.1 Å². The molecule has 11 heteroatoms. The van der Waals surface area contributed by atoms with Crippen LogP contribution in [0.5, 0.6) is 0 Å². The number of rotatable bonds is 10. The highest BCUT2D eigenvalue weighted by molar-refractivity contribution is 5.96. The molecule has 0 radical (unpaired) electrons. The summed E-state index contributed by atoms with van der Waals surface area (Å²) in [4.78, 5) is 42.6. The van der Waals surface area contributed by atoms with Crippen molar-refractivity contribution in [3.8, 4) is 0 Å². The van der Waals surface area contributed by atoms with Gasteiger partial charge in [-0.05, 0) is 61.6 Å². The van der Waals surface area contributed by atoms with E-state index in [0.717, 1.165) is 24.8 Å². The van der Waals surface area contributed by atoms with Gasteiger partial charge < -0.3 is 26.0 Å². The third-order valence-electron chi connectivity index (χ3n) is 6.55. The molecule has 1 aromatic heterocycles. The van der Waals surface area contributed by atoms with Crippen molar-refractivity contribution >= 4 is 35.2 Å². The third-order valence-corrected chi connectivity index (χ3v) is 6.55. The van der Waals surface area contributed by atoms with Crippen LogP contribution in [0.3, 0.4) is 0 Å². The van der Waals surface area contributed by atoms with Gasteiger partial charge in [-0.15, -0.1) is 10.2 Å². The van der Waals surface area contributed by atoms with Crippen LogP contribution in [0, 0.1) is 0 Å². The summed E-state index contributed by atoms with van der Waals surface area (Å²) >= 11 is 0. The number of hydrogen-bond donors (Lipinski definition) is 3. The van der Waals surface area contributed by atoms with Crippen molar-refractivity contribution in [3.05, 3.63) is 84.1 Å². The van der Waals surface area contributed by atoms with Crippen molar-refractivity contribution in [1.82, 2.24) is 20.5 Å². The number of nitrogens with two attached hydrogens (primary N) is 1. The van der Waals surface area contributed by atoms with E-state index in [1.165, 1.54) is 6.08 Å². The number of ether oxygens (including phenoxy) is 1. The van der Waals surface area contributed by atoms with Gasteiger partial charge in [0.05, 0.1) is 5.56 Å². The Morgan fingerprint density at radius 2 is 1.85 bits per heavy atom. The fourth-order valence-electron chi connectivity index (χ4n) is 4.42. The first-order chi connectivity index (χ1) is 18.8. The predicted molar refractivity (Wildman–Crippen MR) is 146 cm³/mol. The zero-order valence-electron chi connectivity index (χ0n) is 21.7. The van der Waals surface area contributed by atoms with E-state index in [0.29, 0.717) is 23.6 Å². The van der Waals surface area contributed by atoms with Crippen molar-refractivity contribution in [2.75, 3.05) is 17.3 Å². The van der Waals surface area contributed by atoms with Crippen LogP contribution in [-0.4, -0.2) is 52.1 Å². The molecule has 11 nitrogen and oxygen atoms in total. The molecule has 0 aliphatic heterocycles. The minimum Gasteiger partial charge on any atom is -0.457 e. The van der Waals surface area contributed by atoms with E-state index in [-0.39, 0.29) is 36.1 Å².